The van der Waals surface area contributed by atoms with Crippen LogP contribution < -0.4 is 10.6 Å². The summed E-state index contributed by atoms with van der Waals surface area (Å²) in [5, 5.41) is 6.94. The quantitative estimate of drug-likeness (QED) is 0.414. The van der Waals surface area contributed by atoms with Gasteiger partial charge in [-0.15, -0.1) is 24.0 Å². The van der Waals surface area contributed by atoms with Crippen molar-refractivity contribution in [1.29, 1.82) is 0 Å². The highest BCUT2D eigenvalue weighted by molar-refractivity contribution is 14.0. The van der Waals surface area contributed by atoms with Crippen molar-refractivity contribution in [3.05, 3.63) is 35.9 Å². The molecule has 2 N–H and O–H groups in total. The van der Waals surface area contributed by atoms with E-state index in [1.165, 1.54) is 12.0 Å². The molecule has 0 saturated carbocycles. The first-order chi connectivity index (χ1) is 10.7. The Bertz CT molecular complexity index is 463. The van der Waals surface area contributed by atoms with Crippen molar-refractivity contribution in [3.8, 4) is 0 Å². The van der Waals surface area contributed by atoms with Gasteiger partial charge in [-0.25, -0.2) is 0 Å². The molecule has 5 heteroatoms. The second kappa shape index (κ2) is 10.9. The molecule has 130 valence electrons. The van der Waals surface area contributed by atoms with Gasteiger partial charge in [-0.1, -0.05) is 37.3 Å². The molecule has 23 heavy (non-hydrogen) atoms. The Morgan fingerprint density at radius 2 is 2.00 bits per heavy atom. The summed E-state index contributed by atoms with van der Waals surface area (Å²) in [7, 11) is 0. The van der Waals surface area contributed by atoms with Gasteiger partial charge in [0, 0.05) is 38.3 Å². The SMILES string of the molecule is CCCN=C(NCC)NC1CC(C)N(Cc2ccccc2)C1.I. The van der Waals surface area contributed by atoms with Crippen LogP contribution in [0.2, 0.25) is 0 Å². The first kappa shape index (κ1) is 20.2. The molecule has 2 unspecified atom stereocenters. The average Bonchev–Trinajstić information content (AvgIpc) is 2.86. The maximum Gasteiger partial charge on any atom is 0.191 e. The van der Waals surface area contributed by atoms with Crippen molar-refractivity contribution >= 4 is 29.9 Å². The number of benzene rings is 1. The second-order valence-corrected chi connectivity index (χ2v) is 6.10. The maximum absolute atomic E-state index is 4.61. The van der Waals surface area contributed by atoms with Crippen LogP contribution in [-0.4, -0.2) is 42.6 Å². The summed E-state index contributed by atoms with van der Waals surface area (Å²) in [6.07, 6.45) is 2.25. The lowest BCUT2D eigenvalue weighted by atomic mass is 10.2. The van der Waals surface area contributed by atoms with Crippen LogP contribution in [-0.2, 0) is 6.54 Å². The number of halogens is 1. The van der Waals surface area contributed by atoms with E-state index in [4.69, 9.17) is 0 Å². The third-order valence-electron chi connectivity index (χ3n) is 4.11. The van der Waals surface area contributed by atoms with Gasteiger partial charge in [0.25, 0.3) is 0 Å². The number of hydrogen-bond donors (Lipinski definition) is 2. The summed E-state index contributed by atoms with van der Waals surface area (Å²) in [6.45, 7) is 10.5. The molecule has 0 aromatic heterocycles. The zero-order valence-electron chi connectivity index (χ0n) is 14.6. The molecule has 4 nitrogen and oxygen atoms in total. The lowest BCUT2D eigenvalue weighted by Gasteiger charge is -2.21. The molecule has 0 amide bonds. The van der Waals surface area contributed by atoms with E-state index < -0.39 is 0 Å². The highest BCUT2D eigenvalue weighted by Gasteiger charge is 2.29. The van der Waals surface area contributed by atoms with Gasteiger partial charge in [0.15, 0.2) is 5.96 Å². The number of rotatable bonds is 6. The lowest BCUT2D eigenvalue weighted by molar-refractivity contribution is 0.258. The topological polar surface area (TPSA) is 39.7 Å². The molecule has 1 aromatic rings. The molecule has 0 aliphatic carbocycles. The number of likely N-dealkylation sites (tertiary alicyclic amines) is 1. The van der Waals surface area contributed by atoms with Crippen molar-refractivity contribution in [2.45, 2.75) is 52.2 Å². The summed E-state index contributed by atoms with van der Waals surface area (Å²) in [6, 6.07) is 11.8. The molecule has 1 aliphatic rings. The molecular formula is C18H31IN4. The molecule has 1 aromatic carbocycles. The molecule has 1 saturated heterocycles. The smallest absolute Gasteiger partial charge is 0.191 e. The predicted octanol–water partition coefficient (Wildman–Crippen LogP) is 3.23. The molecule has 2 atom stereocenters. The average molecular weight is 430 g/mol. The molecule has 0 bridgehead atoms. The van der Waals surface area contributed by atoms with Gasteiger partial charge in [0.1, 0.15) is 0 Å². The van der Waals surface area contributed by atoms with Crippen LogP contribution in [0.3, 0.4) is 0 Å². The number of hydrogen-bond acceptors (Lipinski definition) is 2. The normalized spacial score (nSPS) is 21.8. The second-order valence-electron chi connectivity index (χ2n) is 6.10. The molecule has 1 aliphatic heterocycles. The van der Waals surface area contributed by atoms with Gasteiger partial charge in [-0.05, 0) is 32.3 Å². The van der Waals surface area contributed by atoms with E-state index in [0.717, 1.165) is 38.6 Å². The Balaban J connectivity index is 0.00000264. The number of nitrogens with zero attached hydrogens (tertiary/aromatic N) is 2. The van der Waals surface area contributed by atoms with Crippen LogP contribution in [0.25, 0.3) is 0 Å². The van der Waals surface area contributed by atoms with Gasteiger partial charge >= 0.3 is 0 Å². The van der Waals surface area contributed by atoms with E-state index in [1.807, 2.05) is 0 Å². The minimum Gasteiger partial charge on any atom is -0.357 e. The van der Waals surface area contributed by atoms with Crippen molar-refractivity contribution in [2.24, 2.45) is 4.99 Å². The van der Waals surface area contributed by atoms with Gasteiger partial charge < -0.3 is 10.6 Å². The largest absolute Gasteiger partial charge is 0.357 e. The fraction of sp³-hybridized carbons (Fsp3) is 0.611. The molecule has 0 radical (unpaired) electrons. The van der Waals surface area contributed by atoms with Crippen molar-refractivity contribution in [3.63, 3.8) is 0 Å². The Morgan fingerprint density at radius 1 is 1.26 bits per heavy atom. The fourth-order valence-electron chi connectivity index (χ4n) is 2.98. The summed E-state index contributed by atoms with van der Waals surface area (Å²) in [5.74, 6) is 0.961. The third kappa shape index (κ3) is 6.67. The molecule has 0 spiro atoms. The van der Waals surface area contributed by atoms with Crippen LogP contribution >= 0.6 is 24.0 Å². The summed E-state index contributed by atoms with van der Waals surface area (Å²) >= 11 is 0. The van der Waals surface area contributed by atoms with Crippen LogP contribution in [0.1, 0.15) is 39.2 Å². The van der Waals surface area contributed by atoms with Crippen molar-refractivity contribution in [2.75, 3.05) is 19.6 Å². The number of guanidine groups is 1. The molecular weight excluding hydrogens is 399 g/mol. The predicted molar refractivity (Wildman–Crippen MR) is 110 cm³/mol. The van der Waals surface area contributed by atoms with Gasteiger partial charge in [0.2, 0.25) is 0 Å². The molecule has 2 rings (SSSR count). The highest BCUT2D eigenvalue weighted by Crippen LogP contribution is 2.20. The van der Waals surface area contributed by atoms with E-state index in [-0.39, 0.29) is 24.0 Å². The number of nitrogens with one attached hydrogen (secondary N) is 2. The standard InChI is InChI=1S/C18H30N4.HI/c1-4-11-20-18(19-5-2)21-17-12-15(3)22(14-17)13-16-9-7-6-8-10-16;/h6-10,15,17H,4-5,11-14H2,1-3H3,(H2,19,20,21);1H. The Morgan fingerprint density at radius 3 is 2.65 bits per heavy atom. The van der Waals surface area contributed by atoms with Crippen LogP contribution in [0, 0.1) is 0 Å². The molecule has 1 heterocycles. The van der Waals surface area contributed by atoms with Crippen molar-refractivity contribution < 1.29 is 0 Å². The lowest BCUT2D eigenvalue weighted by Crippen LogP contribution is -2.44. The monoisotopic (exact) mass is 430 g/mol. The first-order valence-electron chi connectivity index (χ1n) is 8.55. The summed E-state index contributed by atoms with van der Waals surface area (Å²) in [5.41, 5.74) is 1.39. The van der Waals surface area contributed by atoms with E-state index in [9.17, 15) is 0 Å². The fourth-order valence-corrected chi connectivity index (χ4v) is 2.98. The minimum atomic E-state index is 0. The van der Waals surface area contributed by atoms with E-state index in [0.29, 0.717) is 12.1 Å². The van der Waals surface area contributed by atoms with Crippen LogP contribution in [0.5, 0.6) is 0 Å². The zero-order chi connectivity index (χ0) is 15.8. The Kier molecular flexibility index (Phi) is 9.55. The Hall–Kier alpha value is -0.820. The Labute approximate surface area is 158 Å². The van der Waals surface area contributed by atoms with E-state index >= 15 is 0 Å². The highest BCUT2D eigenvalue weighted by atomic mass is 127. The van der Waals surface area contributed by atoms with Gasteiger partial charge in [-0.2, -0.15) is 0 Å². The third-order valence-corrected chi connectivity index (χ3v) is 4.11. The van der Waals surface area contributed by atoms with E-state index in [1.54, 1.807) is 0 Å². The van der Waals surface area contributed by atoms with Crippen LogP contribution in [0.4, 0.5) is 0 Å². The summed E-state index contributed by atoms with van der Waals surface area (Å²) < 4.78 is 0. The summed E-state index contributed by atoms with van der Waals surface area (Å²) in [4.78, 5) is 7.16. The van der Waals surface area contributed by atoms with E-state index in [2.05, 4.69) is 71.6 Å². The zero-order valence-corrected chi connectivity index (χ0v) is 16.9. The minimum absolute atomic E-state index is 0. The molecule has 1 fully saturated rings. The first-order valence-corrected chi connectivity index (χ1v) is 8.55. The van der Waals surface area contributed by atoms with Gasteiger partial charge in [-0.3, -0.25) is 9.89 Å². The van der Waals surface area contributed by atoms with Crippen molar-refractivity contribution in [1.82, 2.24) is 15.5 Å². The van der Waals surface area contributed by atoms with Gasteiger partial charge in [0.05, 0.1) is 0 Å². The number of aliphatic imine (C=N–C) groups is 1. The van der Waals surface area contributed by atoms with Crippen LogP contribution in [0.15, 0.2) is 35.3 Å². The maximum atomic E-state index is 4.61.